The molecule has 244 valence electrons. The third-order valence-corrected chi connectivity index (χ3v) is 11.1. The Kier molecular flexibility index (Phi) is 12.1. The highest BCUT2D eigenvalue weighted by molar-refractivity contribution is 7.90. The number of aromatic nitrogens is 3. The summed E-state index contributed by atoms with van der Waals surface area (Å²) in [5.41, 5.74) is 2.02. The van der Waals surface area contributed by atoms with Gasteiger partial charge in [0.2, 0.25) is 5.79 Å². The van der Waals surface area contributed by atoms with E-state index in [-0.39, 0.29) is 18.6 Å². The van der Waals surface area contributed by atoms with Crippen LogP contribution in [0.4, 0.5) is 4.39 Å². The van der Waals surface area contributed by atoms with Crippen LogP contribution in [-0.2, 0) is 38.1 Å². The van der Waals surface area contributed by atoms with Crippen molar-refractivity contribution in [3.8, 4) is 11.3 Å². The predicted octanol–water partition coefficient (Wildman–Crippen LogP) is 7.59. The number of halogens is 2. The van der Waals surface area contributed by atoms with Gasteiger partial charge in [0, 0.05) is 44.1 Å². The topological polar surface area (TPSA) is 107 Å². The van der Waals surface area contributed by atoms with Gasteiger partial charge in [0.05, 0.1) is 18.9 Å². The largest absolute Gasteiger partial charge is 0.598 e. The summed E-state index contributed by atoms with van der Waals surface area (Å²) < 4.78 is 55.1. The summed E-state index contributed by atoms with van der Waals surface area (Å²) in [6, 6.07) is 8.61. The highest BCUT2D eigenvalue weighted by Gasteiger charge is 2.40. The molecule has 1 unspecified atom stereocenters. The second-order valence-corrected chi connectivity index (χ2v) is 21.4. The average Bonchev–Trinajstić information content (AvgIpc) is 3.71. The van der Waals surface area contributed by atoms with Crippen molar-refractivity contribution in [2.45, 2.75) is 102 Å². The molecule has 3 heterocycles. The zero-order chi connectivity index (χ0) is 32.0. The van der Waals surface area contributed by atoms with Gasteiger partial charge >= 0.3 is 0 Å². The molecule has 1 aliphatic rings. The van der Waals surface area contributed by atoms with Crippen molar-refractivity contribution in [3.63, 3.8) is 0 Å². The predicted molar refractivity (Wildman–Crippen MR) is 174 cm³/mol. The standard InChI is InChI=1S/C31H46ClFN4O5SSi/c1-30(2,3)43(38)36-25(10-8-7-9-16-31(40-18-19-41-31)26-15-17-42-35-26)29-34-28(32)27(23-11-13-24(33)14-12-23)37(29)22-39-20-21-44(4,5)6/h11-15,17,25,36H,7-10,16,18-22H2,1-6H3/t25?,43-/m1/s1. The van der Waals surface area contributed by atoms with Gasteiger partial charge in [-0.3, -0.25) is 0 Å². The Morgan fingerprint density at radius 2 is 1.84 bits per heavy atom. The highest BCUT2D eigenvalue weighted by Crippen LogP contribution is 2.37. The van der Waals surface area contributed by atoms with Crippen molar-refractivity contribution >= 4 is 31.0 Å². The van der Waals surface area contributed by atoms with Crippen molar-refractivity contribution in [2.24, 2.45) is 0 Å². The number of hydrogen-bond donors (Lipinski definition) is 1. The molecule has 2 atom stereocenters. The van der Waals surface area contributed by atoms with Gasteiger partial charge < -0.3 is 27.9 Å². The van der Waals surface area contributed by atoms with Crippen molar-refractivity contribution in [3.05, 3.63) is 59.1 Å². The molecule has 1 aromatic carbocycles. The van der Waals surface area contributed by atoms with Crippen LogP contribution in [0.1, 0.15) is 70.4 Å². The van der Waals surface area contributed by atoms with Crippen LogP contribution in [0.2, 0.25) is 30.8 Å². The van der Waals surface area contributed by atoms with Crippen LogP contribution in [0.5, 0.6) is 0 Å². The molecule has 0 aliphatic carbocycles. The molecular formula is C31H46ClFN4O5SSi. The van der Waals surface area contributed by atoms with Crippen molar-refractivity contribution in [2.75, 3.05) is 19.8 Å². The monoisotopic (exact) mass is 668 g/mol. The Bertz CT molecular complexity index is 1310. The normalized spacial score (nSPS) is 16.8. The van der Waals surface area contributed by atoms with Crippen LogP contribution in [0.15, 0.2) is 41.1 Å². The molecule has 13 heteroatoms. The lowest BCUT2D eigenvalue weighted by Gasteiger charge is -2.28. The van der Waals surface area contributed by atoms with Crippen LogP contribution in [0, 0.1) is 5.82 Å². The van der Waals surface area contributed by atoms with Crippen molar-refractivity contribution in [1.29, 1.82) is 0 Å². The van der Waals surface area contributed by atoms with Crippen LogP contribution >= 0.6 is 11.6 Å². The fraction of sp³-hybridized carbons (Fsp3) is 0.613. The molecule has 0 bridgehead atoms. The van der Waals surface area contributed by atoms with Crippen LogP contribution in [-0.4, -0.2) is 51.9 Å². The Morgan fingerprint density at radius 1 is 1.14 bits per heavy atom. The first-order chi connectivity index (χ1) is 20.8. The Balaban J connectivity index is 1.55. The first-order valence-corrected chi connectivity index (χ1v) is 20.5. The van der Waals surface area contributed by atoms with E-state index < -0.39 is 30.0 Å². The number of imidazole rings is 1. The molecule has 9 nitrogen and oxygen atoms in total. The van der Waals surface area contributed by atoms with Crippen LogP contribution < -0.4 is 4.72 Å². The number of ether oxygens (including phenoxy) is 3. The van der Waals surface area contributed by atoms with E-state index in [1.807, 2.05) is 25.3 Å². The van der Waals surface area contributed by atoms with Gasteiger partial charge in [0.1, 0.15) is 41.1 Å². The summed E-state index contributed by atoms with van der Waals surface area (Å²) in [5.74, 6) is -0.567. The van der Waals surface area contributed by atoms with Crippen molar-refractivity contribution < 1.29 is 27.7 Å². The maximum absolute atomic E-state index is 13.8. The summed E-state index contributed by atoms with van der Waals surface area (Å²) in [5, 5.41) is 4.35. The Morgan fingerprint density at radius 3 is 2.45 bits per heavy atom. The smallest absolute Gasteiger partial charge is 0.215 e. The van der Waals surface area contributed by atoms with Gasteiger partial charge in [0.15, 0.2) is 5.15 Å². The third kappa shape index (κ3) is 9.38. The maximum atomic E-state index is 13.8. The van der Waals surface area contributed by atoms with E-state index in [1.54, 1.807) is 18.2 Å². The first kappa shape index (κ1) is 35.1. The van der Waals surface area contributed by atoms with E-state index in [4.69, 9.17) is 35.3 Å². The summed E-state index contributed by atoms with van der Waals surface area (Å²) in [4.78, 5) is 4.79. The molecule has 1 N–H and O–H groups in total. The number of nitrogens with zero attached hydrogens (tertiary/aromatic N) is 3. The SMILES string of the molecule is CC(C)(C)[S@@+]([O-])NC(CCCCCC1(c2ccon2)OCCO1)c1nc(Cl)c(-c2ccc(F)cc2)n1COCC[Si](C)(C)C. The van der Waals surface area contributed by atoms with Gasteiger partial charge in [-0.25, -0.2) is 9.37 Å². The summed E-state index contributed by atoms with van der Waals surface area (Å²) in [6.45, 7) is 14.6. The summed E-state index contributed by atoms with van der Waals surface area (Å²) in [7, 11) is -1.31. The van der Waals surface area contributed by atoms with E-state index in [0.29, 0.717) is 55.0 Å². The third-order valence-electron chi connectivity index (χ3n) is 7.49. The van der Waals surface area contributed by atoms with Gasteiger partial charge in [-0.1, -0.05) is 49.2 Å². The van der Waals surface area contributed by atoms with E-state index in [2.05, 4.69) is 29.5 Å². The minimum Gasteiger partial charge on any atom is -0.598 e. The lowest BCUT2D eigenvalue weighted by Crippen LogP contribution is -2.42. The Hall–Kier alpha value is -1.77. The van der Waals surface area contributed by atoms with Gasteiger partial charge in [-0.15, -0.1) is 4.72 Å². The number of rotatable bonds is 16. The molecule has 44 heavy (non-hydrogen) atoms. The quantitative estimate of drug-likeness (QED) is 0.0946. The molecule has 0 amide bonds. The van der Waals surface area contributed by atoms with Crippen LogP contribution in [0.25, 0.3) is 11.3 Å². The summed E-state index contributed by atoms with van der Waals surface area (Å²) >= 11 is 5.42. The zero-order valence-corrected chi connectivity index (χ0v) is 29.2. The lowest BCUT2D eigenvalue weighted by atomic mass is 10.0. The first-order valence-electron chi connectivity index (χ1n) is 15.3. The highest BCUT2D eigenvalue weighted by atomic mass is 35.5. The zero-order valence-electron chi connectivity index (χ0n) is 26.7. The van der Waals surface area contributed by atoms with Crippen molar-refractivity contribution in [1.82, 2.24) is 19.4 Å². The van der Waals surface area contributed by atoms with Gasteiger partial charge in [-0.05, 0) is 63.9 Å². The van der Waals surface area contributed by atoms with Gasteiger partial charge in [-0.2, -0.15) is 0 Å². The fourth-order valence-electron chi connectivity index (χ4n) is 4.97. The fourth-order valence-corrected chi connectivity index (χ4v) is 6.86. The second-order valence-electron chi connectivity index (χ2n) is 13.4. The number of nitrogens with one attached hydrogen (secondary N) is 1. The molecule has 3 aromatic rings. The minimum absolute atomic E-state index is 0.224. The number of unbranched alkanes of at least 4 members (excludes halogenated alkanes) is 2. The molecule has 1 saturated heterocycles. The molecular weight excluding hydrogens is 623 g/mol. The molecule has 0 saturated carbocycles. The second kappa shape index (κ2) is 15.2. The van der Waals surface area contributed by atoms with E-state index in [1.165, 1.54) is 18.4 Å². The molecule has 0 radical (unpaired) electrons. The van der Waals surface area contributed by atoms with E-state index >= 15 is 0 Å². The molecule has 0 spiro atoms. The average molecular weight is 669 g/mol. The van der Waals surface area contributed by atoms with Crippen LogP contribution in [0.3, 0.4) is 0 Å². The number of benzene rings is 1. The maximum Gasteiger partial charge on any atom is 0.215 e. The van der Waals surface area contributed by atoms with E-state index in [0.717, 1.165) is 30.9 Å². The minimum atomic E-state index is -1.37. The Labute approximate surface area is 269 Å². The molecule has 1 fully saturated rings. The molecule has 4 rings (SSSR count). The summed E-state index contributed by atoms with van der Waals surface area (Å²) in [6.07, 6.45) is 5.35. The van der Waals surface area contributed by atoms with E-state index in [9.17, 15) is 8.94 Å². The molecule has 2 aromatic heterocycles. The molecule has 1 aliphatic heterocycles. The van der Waals surface area contributed by atoms with Gasteiger partial charge in [0.25, 0.3) is 0 Å². The number of hydrogen-bond acceptors (Lipinski definition) is 8. The lowest BCUT2D eigenvalue weighted by molar-refractivity contribution is -0.175.